The van der Waals surface area contributed by atoms with E-state index in [9.17, 15) is 4.79 Å². The largest absolute Gasteiger partial charge is 0.361 e. The van der Waals surface area contributed by atoms with Crippen molar-refractivity contribution in [1.29, 1.82) is 0 Å². The van der Waals surface area contributed by atoms with Crippen LogP contribution in [0.2, 0.25) is 0 Å². The molecule has 0 atom stereocenters. The molecule has 4 rings (SSSR count). The quantitative estimate of drug-likeness (QED) is 0.676. The monoisotopic (exact) mass is 381 g/mol. The highest BCUT2D eigenvalue weighted by Gasteiger charge is 2.27. The summed E-state index contributed by atoms with van der Waals surface area (Å²) in [4.78, 5) is 16.9. The standard InChI is InChI=1S/C19H23N7O2/c1-13-4-6-16(7-5-13)26-17(20-22-23-26)12-24-8-10-25(11-9-24)19(27)18-14(2)21-28-15(18)3/h4-7H,8-12H2,1-3H3. The third kappa shape index (κ3) is 3.53. The Balaban J connectivity index is 1.40. The van der Waals surface area contributed by atoms with Gasteiger partial charge in [0.1, 0.15) is 11.3 Å². The lowest BCUT2D eigenvalue weighted by atomic mass is 10.1. The van der Waals surface area contributed by atoms with Crippen LogP contribution in [0.3, 0.4) is 0 Å². The topological polar surface area (TPSA) is 93.2 Å². The van der Waals surface area contributed by atoms with E-state index in [4.69, 9.17) is 4.52 Å². The summed E-state index contributed by atoms with van der Waals surface area (Å²) < 4.78 is 6.89. The molecule has 0 unspecified atom stereocenters. The summed E-state index contributed by atoms with van der Waals surface area (Å²) in [6, 6.07) is 8.10. The van der Waals surface area contributed by atoms with Crippen LogP contribution in [0.15, 0.2) is 28.8 Å². The van der Waals surface area contributed by atoms with E-state index in [0.717, 1.165) is 24.6 Å². The average molecular weight is 381 g/mol. The van der Waals surface area contributed by atoms with Crippen LogP contribution < -0.4 is 0 Å². The first-order valence-corrected chi connectivity index (χ1v) is 9.31. The second-order valence-electron chi connectivity index (χ2n) is 7.11. The predicted octanol–water partition coefficient (Wildman–Crippen LogP) is 1.53. The Morgan fingerprint density at radius 1 is 1.07 bits per heavy atom. The second-order valence-corrected chi connectivity index (χ2v) is 7.11. The molecule has 0 radical (unpaired) electrons. The van der Waals surface area contributed by atoms with Gasteiger partial charge in [-0.25, -0.2) is 0 Å². The van der Waals surface area contributed by atoms with Crippen LogP contribution in [0.25, 0.3) is 5.69 Å². The molecule has 0 bridgehead atoms. The number of amides is 1. The maximum atomic E-state index is 12.8. The van der Waals surface area contributed by atoms with Crippen LogP contribution >= 0.6 is 0 Å². The fourth-order valence-corrected chi connectivity index (χ4v) is 3.45. The Kier molecular flexibility index (Phi) is 4.91. The number of carbonyl (C=O) groups is 1. The Hall–Kier alpha value is -3.07. The van der Waals surface area contributed by atoms with Gasteiger partial charge in [0.15, 0.2) is 5.82 Å². The summed E-state index contributed by atoms with van der Waals surface area (Å²) in [5, 5.41) is 16.0. The van der Waals surface area contributed by atoms with Crippen molar-refractivity contribution in [2.75, 3.05) is 26.2 Å². The van der Waals surface area contributed by atoms with Crippen LogP contribution in [0.4, 0.5) is 0 Å². The van der Waals surface area contributed by atoms with Crippen molar-refractivity contribution in [2.45, 2.75) is 27.3 Å². The number of aryl methyl sites for hydroxylation is 3. The van der Waals surface area contributed by atoms with Gasteiger partial charge >= 0.3 is 0 Å². The molecule has 0 aliphatic carbocycles. The van der Waals surface area contributed by atoms with Gasteiger partial charge in [-0.05, 0) is 43.3 Å². The van der Waals surface area contributed by atoms with E-state index in [-0.39, 0.29) is 5.91 Å². The second kappa shape index (κ2) is 7.51. The first-order valence-electron chi connectivity index (χ1n) is 9.31. The van der Waals surface area contributed by atoms with Crippen LogP contribution in [0.1, 0.15) is 33.2 Å². The normalized spacial score (nSPS) is 15.2. The molecule has 0 spiro atoms. The van der Waals surface area contributed by atoms with Gasteiger partial charge in [-0.15, -0.1) is 5.10 Å². The van der Waals surface area contributed by atoms with E-state index in [1.807, 2.05) is 36.1 Å². The summed E-state index contributed by atoms with van der Waals surface area (Å²) in [6.07, 6.45) is 0. The van der Waals surface area contributed by atoms with E-state index < -0.39 is 0 Å². The highest BCUT2D eigenvalue weighted by molar-refractivity contribution is 5.96. The van der Waals surface area contributed by atoms with Crippen LogP contribution in [-0.2, 0) is 6.54 Å². The number of carbonyl (C=O) groups excluding carboxylic acids is 1. The van der Waals surface area contributed by atoms with Crippen LogP contribution in [0.5, 0.6) is 0 Å². The van der Waals surface area contributed by atoms with Crippen molar-refractivity contribution >= 4 is 5.91 Å². The molecule has 1 amide bonds. The minimum absolute atomic E-state index is 0.0135. The zero-order valence-electron chi connectivity index (χ0n) is 16.3. The molecule has 28 heavy (non-hydrogen) atoms. The number of nitrogens with zero attached hydrogens (tertiary/aromatic N) is 7. The van der Waals surface area contributed by atoms with E-state index in [1.165, 1.54) is 5.56 Å². The number of rotatable bonds is 4. The molecule has 146 valence electrons. The molecule has 3 heterocycles. The lowest BCUT2D eigenvalue weighted by molar-refractivity contribution is 0.0622. The fourth-order valence-electron chi connectivity index (χ4n) is 3.45. The summed E-state index contributed by atoms with van der Waals surface area (Å²) in [5.74, 6) is 1.34. The Labute approximate surface area is 162 Å². The molecule has 0 saturated carbocycles. The highest BCUT2D eigenvalue weighted by Crippen LogP contribution is 2.17. The third-order valence-electron chi connectivity index (χ3n) is 5.08. The lowest BCUT2D eigenvalue weighted by Crippen LogP contribution is -2.48. The molecule has 1 aliphatic rings. The van der Waals surface area contributed by atoms with Crippen molar-refractivity contribution in [3.8, 4) is 5.69 Å². The van der Waals surface area contributed by atoms with Gasteiger partial charge in [-0.2, -0.15) is 4.68 Å². The van der Waals surface area contributed by atoms with Gasteiger partial charge in [0.05, 0.1) is 17.9 Å². The maximum absolute atomic E-state index is 12.8. The van der Waals surface area contributed by atoms with Gasteiger partial charge in [0, 0.05) is 26.2 Å². The van der Waals surface area contributed by atoms with E-state index in [2.05, 4.69) is 25.6 Å². The number of aromatic nitrogens is 5. The molecule has 2 aromatic heterocycles. The SMILES string of the molecule is Cc1ccc(-n2nnnc2CN2CCN(C(=O)c3c(C)noc3C)CC2)cc1. The average Bonchev–Trinajstić information content (AvgIpc) is 3.29. The molecule has 1 saturated heterocycles. The van der Waals surface area contributed by atoms with Gasteiger partial charge in [-0.3, -0.25) is 9.69 Å². The van der Waals surface area contributed by atoms with Crippen LogP contribution in [0, 0.1) is 20.8 Å². The lowest BCUT2D eigenvalue weighted by Gasteiger charge is -2.34. The number of tetrazole rings is 1. The van der Waals surface area contributed by atoms with Gasteiger partial charge in [0.2, 0.25) is 0 Å². The minimum Gasteiger partial charge on any atom is -0.361 e. The Bertz CT molecular complexity index is 949. The fraction of sp³-hybridized carbons (Fsp3) is 0.421. The Morgan fingerprint density at radius 3 is 2.43 bits per heavy atom. The summed E-state index contributed by atoms with van der Waals surface area (Å²) in [7, 11) is 0. The first kappa shape index (κ1) is 18.3. The highest BCUT2D eigenvalue weighted by atomic mass is 16.5. The van der Waals surface area contributed by atoms with Crippen molar-refractivity contribution in [1.82, 2.24) is 35.2 Å². The van der Waals surface area contributed by atoms with Gasteiger partial charge in [-0.1, -0.05) is 22.9 Å². The predicted molar refractivity (Wildman–Crippen MR) is 101 cm³/mol. The number of benzene rings is 1. The molecule has 9 heteroatoms. The number of hydrogen-bond acceptors (Lipinski definition) is 7. The van der Waals surface area contributed by atoms with E-state index in [0.29, 0.717) is 36.7 Å². The zero-order chi connectivity index (χ0) is 19.7. The molecule has 1 aromatic carbocycles. The third-order valence-corrected chi connectivity index (χ3v) is 5.08. The molecular formula is C19H23N7O2. The minimum atomic E-state index is -0.0135. The van der Waals surface area contributed by atoms with Crippen molar-refractivity contribution in [3.05, 3.63) is 52.7 Å². The zero-order valence-corrected chi connectivity index (χ0v) is 16.3. The smallest absolute Gasteiger partial charge is 0.259 e. The van der Waals surface area contributed by atoms with Crippen molar-refractivity contribution in [3.63, 3.8) is 0 Å². The molecule has 3 aromatic rings. The summed E-state index contributed by atoms with van der Waals surface area (Å²) >= 11 is 0. The molecule has 9 nitrogen and oxygen atoms in total. The molecular weight excluding hydrogens is 358 g/mol. The van der Waals surface area contributed by atoms with Crippen molar-refractivity contribution < 1.29 is 9.32 Å². The van der Waals surface area contributed by atoms with E-state index in [1.54, 1.807) is 18.5 Å². The molecule has 1 fully saturated rings. The van der Waals surface area contributed by atoms with Gasteiger partial charge in [0.25, 0.3) is 5.91 Å². The van der Waals surface area contributed by atoms with Crippen LogP contribution in [-0.4, -0.2) is 67.2 Å². The maximum Gasteiger partial charge on any atom is 0.259 e. The molecule has 0 N–H and O–H groups in total. The number of hydrogen-bond donors (Lipinski definition) is 0. The summed E-state index contributed by atoms with van der Waals surface area (Å²) in [6.45, 7) is 9.07. The molecule has 1 aliphatic heterocycles. The van der Waals surface area contributed by atoms with E-state index >= 15 is 0 Å². The Morgan fingerprint density at radius 2 is 1.79 bits per heavy atom. The van der Waals surface area contributed by atoms with Gasteiger partial charge < -0.3 is 9.42 Å². The van der Waals surface area contributed by atoms with Crippen molar-refractivity contribution in [2.24, 2.45) is 0 Å². The first-order chi connectivity index (χ1) is 13.5. The summed E-state index contributed by atoms with van der Waals surface area (Å²) in [5.41, 5.74) is 3.36. The number of piperazine rings is 1.